The van der Waals surface area contributed by atoms with Crippen LogP contribution in [0.3, 0.4) is 0 Å². The van der Waals surface area contributed by atoms with E-state index < -0.39 is 0 Å². The van der Waals surface area contributed by atoms with E-state index in [4.69, 9.17) is 4.42 Å². The third-order valence-corrected chi connectivity index (χ3v) is 12.3. The highest BCUT2D eigenvalue weighted by molar-refractivity contribution is 6.11. The number of benzene rings is 9. The van der Waals surface area contributed by atoms with Gasteiger partial charge >= 0.3 is 0 Å². The molecule has 11 rings (SSSR count). The third-order valence-electron chi connectivity index (χ3n) is 12.3. The van der Waals surface area contributed by atoms with Gasteiger partial charge in [-0.1, -0.05) is 196 Å². The molecule has 0 saturated heterocycles. The summed E-state index contributed by atoms with van der Waals surface area (Å²) in [5.74, 6) is 0. The number of anilines is 3. The van der Waals surface area contributed by atoms with Gasteiger partial charge in [-0.2, -0.15) is 0 Å². The largest absolute Gasteiger partial charge is 0.454 e. The lowest BCUT2D eigenvalue weighted by molar-refractivity contribution is 0.660. The number of rotatable bonds is 7. The predicted octanol–water partition coefficient (Wildman–Crippen LogP) is 16.0. The van der Waals surface area contributed by atoms with Crippen molar-refractivity contribution in [1.29, 1.82) is 0 Å². The first kappa shape index (κ1) is 34.8. The van der Waals surface area contributed by atoms with Crippen LogP contribution in [0.25, 0.3) is 77.6 Å². The predicted molar refractivity (Wildman–Crippen MR) is 248 cm³/mol. The molecule has 2 heteroatoms. The molecule has 0 N–H and O–H groups in total. The van der Waals surface area contributed by atoms with E-state index in [0.29, 0.717) is 0 Å². The highest BCUT2D eigenvalue weighted by Crippen LogP contribution is 2.53. The molecule has 9 aromatic carbocycles. The fraction of sp³-hybridized carbons (Fsp3) is 0.0526. The second kappa shape index (κ2) is 13.9. The molecule has 0 atom stereocenters. The minimum Gasteiger partial charge on any atom is -0.454 e. The Labute approximate surface area is 345 Å². The number of furan rings is 1. The Balaban J connectivity index is 1.17. The topological polar surface area (TPSA) is 16.4 Å². The van der Waals surface area contributed by atoms with Crippen molar-refractivity contribution in [1.82, 2.24) is 0 Å². The number of hydrogen-bond donors (Lipinski definition) is 0. The van der Waals surface area contributed by atoms with E-state index in [-0.39, 0.29) is 5.41 Å². The first-order valence-electron chi connectivity index (χ1n) is 20.4. The maximum absolute atomic E-state index is 6.82. The summed E-state index contributed by atoms with van der Waals surface area (Å²) in [6, 6.07) is 76.7. The van der Waals surface area contributed by atoms with Crippen molar-refractivity contribution in [2.45, 2.75) is 19.3 Å². The van der Waals surface area contributed by atoms with E-state index in [9.17, 15) is 0 Å². The maximum atomic E-state index is 6.82. The number of fused-ring (bicyclic) bond motifs is 6. The van der Waals surface area contributed by atoms with E-state index in [0.717, 1.165) is 61.3 Å². The Hall–Kier alpha value is -7.42. The van der Waals surface area contributed by atoms with Gasteiger partial charge in [-0.25, -0.2) is 0 Å². The van der Waals surface area contributed by atoms with Gasteiger partial charge in [0, 0.05) is 27.4 Å². The summed E-state index contributed by atoms with van der Waals surface area (Å²) in [6.45, 7) is 4.69. The van der Waals surface area contributed by atoms with Gasteiger partial charge in [-0.05, 0) is 91.5 Å². The van der Waals surface area contributed by atoms with Gasteiger partial charge in [0.25, 0.3) is 0 Å². The van der Waals surface area contributed by atoms with Crippen LogP contribution >= 0.6 is 0 Å². The zero-order chi connectivity index (χ0) is 39.5. The normalized spacial score (nSPS) is 12.7. The summed E-state index contributed by atoms with van der Waals surface area (Å²) < 4.78 is 6.82. The third kappa shape index (κ3) is 5.63. The van der Waals surface area contributed by atoms with Crippen molar-refractivity contribution in [3.05, 3.63) is 223 Å². The Morgan fingerprint density at radius 1 is 0.356 bits per heavy atom. The average molecular weight is 756 g/mol. The number of hydrogen-bond acceptors (Lipinski definition) is 2. The molecule has 1 aliphatic carbocycles. The van der Waals surface area contributed by atoms with Crippen LogP contribution in [0, 0.1) is 0 Å². The molecule has 10 aromatic rings. The van der Waals surface area contributed by atoms with Crippen molar-refractivity contribution in [2.75, 3.05) is 4.90 Å². The Morgan fingerprint density at radius 2 is 0.864 bits per heavy atom. The number of para-hydroxylation sites is 2. The fourth-order valence-electron chi connectivity index (χ4n) is 9.54. The molecular weight excluding hydrogens is 715 g/mol. The van der Waals surface area contributed by atoms with Crippen LogP contribution in [-0.2, 0) is 5.41 Å². The molecule has 1 aliphatic rings. The van der Waals surface area contributed by atoms with Gasteiger partial charge in [-0.15, -0.1) is 0 Å². The van der Waals surface area contributed by atoms with E-state index >= 15 is 0 Å². The van der Waals surface area contributed by atoms with Crippen molar-refractivity contribution in [2.24, 2.45) is 0 Å². The minimum atomic E-state index is -0.0693. The second-order valence-electron chi connectivity index (χ2n) is 16.0. The van der Waals surface area contributed by atoms with Gasteiger partial charge in [-0.3, -0.25) is 0 Å². The highest BCUT2D eigenvalue weighted by atomic mass is 16.3. The molecular formula is C57H41NO. The van der Waals surface area contributed by atoms with E-state index in [1.807, 2.05) is 6.07 Å². The van der Waals surface area contributed by atoms with Crippen molar-refractivity contribution >= 4 is 39.0 Å². The summed E-state index contributed by atoms with van der Waals surface area (Å²) in [7, 11) is 0. The highest BCUT2D eigenvalue weighted by Gasteiger charge is 2.36. The van der Waals surface area contributed by atoms with E-state index in [2.05, 4.69) is 225 Å². The van der Waals surface area contributed by atoms with Crippen LogP contribution in [0.2, 0.25) is 0 Å². The van der Waals surface area contributed by atoms with Gasteiger partial charge in [0.05, 0.1) is 11.4 Å². The molecule has 2 nitrogen and oxygen atoms in total. The molecule has 0 aliphatic heterocycles. The van der Waals surface area contributed by atoms with Crippen molar-refractivity contribution < 1.29 is 4.42 Å². The summed E-state index contributed by atoms with van der Waals surface area (Å²) in [5, 5.41) is 2.19. The average Bonchev–Trinajstić information content (AvgIpc) is 3.80. The maximum Gasteiger partial charge on any atom is 0.159 e. The van der Waals surface area contributed by atoms with Crippen LogP contribution in [0.15, 0.2) is 217 Å². The lowest BCUT2D eigenvalue weighted by Gasteiger charge is -2.30. The molecule has 0 amide bonds. The molecule has 1 aromatic heterocycles. The quantitative estimate of drug-likeness (QED) is 0.161. The SMILES string of the molecule is CC1(C)c2ccccc2-c2c(-c3ccc(N(c4cccc(-c5ccccc5)c4-c4ccccc4-c4ccccc4)c4cccc5c4oc4ccccc45)cc3)cccc21. The van der Waals surface area contributed by atoms with Crippen LogP contribution in [0.1, 0.15) is 25.0 Å². The van der Waals surface area contributed by atoms with Crippen LogP contribution < -0.4 is 4.90 Å². The Bertz CT molecular complexity index is 3170. The van der Waals surface area contributed by atoms with E-state index in [1.54, 1.807) is 0 Å². The molecule has 0 unspecified atom stereocenters. The zero-order valence-corrected chi connectivity index (χ0v) is 33.1. The summed E-state index contributed by atoms with van der Waals surface area (Å²) in [4.78, 5) is 2.41. The monoisotopic (exact) mass is 755 g/mol. The summed E-state index contributed by atoms with van der Waals surface area (Å²) in [5.41, 5.74) is 19.6. The Morgan fingerprint density at radius 3 is 1.63 bits per heavy atom. The molecule has 1 heterocycles. The standard InChI is InChI=1S/C57H41NO/c1-57(2)49-29-13-11-25-48(49)54-43(26-15-30-50(54)57)40-34-36-41(37-35-40)58(52-32-17-28-47-45-23-12-14-33-53(45)59-56(47)52)51-31-16-27-44(39-20-7-4-8-21-39)55(51)46-24-10-9-22-42(46)38-18-5-3-6-19-38/h3-37H,1-2H3. The van der Waals surface area contributed by atoms with Crippen LogP contribution in [0.5, 0.6) is 0 Å². The Kier molecular flexibility index (Phi) is 8.20. The van der Waals surface area contributed by atoms with Crippen molar-refractivity contribution in [3.63, 3.8) is 0 Å². The van der Waals surface area contributed by atoms with Gasteiger partial charge in [0.1, 0.15) is 5.58 Å². The molecule has 280 valence electrons. The summed E-state index contributed by atoms with van der Waals surface area (Å²) in [6.07, 6.45) is 0. The van der Waals surface area contributed by atoms with Crippen LogP contribution in [0.4, 0.5) is 17.1 Å². The van der Waals surface area contributed by atoms with Gasteiger partial charge < -0.3 is 9.32 Å². The first-order chi connectivity index (χ1) is 29.1. The van der Waals surface area contributed by atoms with Crippen LogP contribution in [-0.4, -0.2) is 0 Å². The summed E-state index contributed by atoms with van der Waals surface area (Å²) >= 11 is 0. The smallest absolute Gasteiger partial charge is 0.159 e. The number of nitrogens with zero attached hydrogens (tertiary/aromatic N) is 1. The lowest BCUT2D eigenvalue weighted by Crippen LogP contribution is -2.14. The molecule has 0 radical (unpaired) electrons. The van der Waals surface area contributed by atoms with Gasteiger partial charge in [0.2, 0.25) is 0 Å². The lowest BCUT2D eigenvalue weighted by atomic mass is 9.82. The fourth-order valence-corrected chi connectivity index (χ4v) is 9.54. The molecule has 0 saturated carbocycles. The minimum absolute atomic E-state index is 0.0693. The molecule has 0 spiro atoms. The zero-order valence-electron chi connectivity index (χ0n) is 33.1. The first-order valence-corrected chi connectivity index (χ1v) is 20.4. The van der Waals surface area contributed by atoms with Gasteiger partial charge in [0.15, 0.2) is 5.58 Å². The van der Waals surface area contributed by atoms with E-state index in [1.165, 1.54) is 44.5 Å². The molecule has 59 heavy (non-hydrogen) atoms. The second-order valence-corrected chi connectivity index (χ2v) is 16.0. The van der Waals surface area contributed by atoms with Crippen molar-refractivity contribution in [3.8, 4) is 55.6 Å². The molecule has 0 bridgehead atoms. The molecule has 0 fully saturated rings.